The molecule has 0 atom stereocenters. The Morgan fingerprint density at radius 1 is 1.27 bits per heavy atom. The van der Waals surface area contributed by atoms with Gasteiger partial charge in [0.1, 0.15) is 22.3 Å². The summed E-state index contributed by atoms with van der Waals surface area (Å²) in [6.45, 7) is 0. The van der Waals surface area contributed by atoms with Crippen molar-refractivity contribution in [2.24, 2.45) is 0 Å². The molecular formula is C14H8FN3O4. The summed E-state index contributed by atoms with van der Waals surface area (Å²) in [6, 6.07) is 6.30. The molecule has 7 nitrogen and oxygen atoms in total. The normalized spacial score (nSPS) is 11.3. The van der Waals surface area contributed by atoms with E-state index in [-0.39, 0.29) is 28.4 Å². The fraction of sp³-hybridized carbons (Fsp3) is 0. The molecule has 0 aliphatic heterocycles. The number of nitro groups is 1. The zero-order valence-electron chi connectivity index (χ0n) is 10.9. The van der Waals surface area contributed by atoms with Gasteiger partial charge in [0.25, 0.3) is 5.56 Å². The van der Waals surface area contributed by atoms with E-state index in [4.69, 9.17) is 4.42 Å². The molecule has 0 spiro atoms. The van der Waals surface area contributed by atoms with Crippen LogP contribution in [0, 0.1) is 15.9 Å². The average molecular weight is 301 g/mol. The summed E-state index contributed by atoms with van der Waals surface area (Å²) in [5, 5.41) is 10.8. The SMILES string of the molecule is O=c1[nH]c(/C=C/c2ccc([N+](=O)[O-])o2)nc2cc(F)ccc12. The van der Waals surface area contributed by atoms with Gasteiger partial charge in [-0.1, -0.05) is 0 Å². The highest BCUT2D eigenvalue weighted by atomic mass is 19.1. The van der Waals surface area contributed by atoms with Gasteiger partial charge in [-0.05, 0) is 30.4 Å². The molecule has 3 rings (SSSR count). The van der Waals surface area contributed by atoms with Crippen LogP contribution in [0.3, 0.4) is 0 Å². The highest BCUT2D eigenvalue weighted by Gasteiger charge is 2.10. The first-order valence-corrected chi connectivity index (χ1v) is 6.15. The molecule has 0 unspecified atom stereocenters. The molecule has 3 aromatic rings. The van der Waals surface area contributed by atoms with Crippen LogP contribution in [0.4, 0.5) is 10.3 Å². The lowest BCUT2D eigenvalue weighted by atomic mass is 10.2. The molecule has 110 valence electrons. The highest BCUT2D eigenvalue weighted by Crippen LogP contribution is 2.17. The Labute approximate surface area is 121 Å². The Kier molecular flexibility index (Phi) is 3.26. The molecule has 2 aromatic heterocycles. The van der Waals surface area contributed by atoms with Gasteiger partial charge in [-0.2, -0.15) is 0 Å². The van der Waals surface area contributed by atoms with E-state index in [0.717, 1.165) is 6.07 Å². The van der Waals surface area contributed by atoms with E-state index in [2.05, 4.69) is 9.97 Å². The molecule has 0 radical (unpaired) electrons. The van der Waals surface area contributed by atoms with Gasteiger partial charge in [0.15, 0.2) is 0 Å². The third kappa shape index (κ3) is 2.62. The van der Waals surface area contributed by atoms with Gasteiger partial charge >= 0.3 is 5.88 Å². The zero-order valence-corrected chi connectivity index (χ0v) is 10.9. The number of halogens is 1. The van der Waals surface area contributed by atoms with E-state index in [1.807, 2.05) is 0 Å². The van der Waals surface area contributed by atoms with Crippen LogP contribution in [-0.2, 0) is 0 Å². The van der Waals surface area contributed by atoms with Crippen LogP contribution in [0.5, 0.6) is 0 Å². The van der Waals surface area contributed by atoms with Crippen LogP contribution in [0.1, 0.15) is 11.6 Å². The van der Waals surface area contributed by atoms with E-state index in [1.54, 1.807) is 0 Å². The summed E-state index contributed by atoms with van der Waals surface area (Å²) in [7, 11) is 0. The number of rotatable bonds is 3. The van der Waals surface area contributed by atoms with E-state index >= 15 is 0 Å². The molecule has 8 heteroatoms. The van der Waals surface area contributed by atoms with Crippen molar-refractivity contribution >= 4 is 28.9 Å². The summed E-state index contributed by atoms with van der Waals surface area (Å²) in [6.07, 6.45) is 2.82. The van der Waals surface area contributed by atoms with E-state index in [0.29, 0.717) is 0 Å². The number of aromatic amines is 1. The van der Waals surface area contributed by atoms with Crippen LogP contribution in [0.15, 0.2) is 39.5 Å². The molecule has 0 aliphatic rings. The Morgan fingerprint density at radius 3 is 2.82 bits per heavy atom. The zero-order chi connectivity index (χ0) is 15.7. The summed E-state index contributed by atoms with van der Waals surface area (Å²) < 4.78 is 18.1. The van der Waals surface area contributed by atoms with E-state index in [1.165, 1.54) is 36.4 Å². The van der Waals surface area contributed by atoms with Gasteiger partial charge < -0.3 is 9.40 Å². The molecule has 0 aliphatic carbocycles. The maximum Gasteiger partial charge on any atom is 0.433 e. The van der Waals surface area contributed by atoms with Crippen molar-refractivity contribution in [2.75, 3.05) is 0 Å². The number of hydrogen-bond acceptors (Lipinski definition) is 5. The summed E-state index contributed by atoms with van der Waals surface area (Å²) in [4.78, 5) is 28.3. The summed E-state index contributed by atoms with van der Waals surface area (Å²) >= 11 is 0. The number of fused-ring (bicyclic) bond motifs is 1. The lowest BCUT2D eigenvalue weighted by molar-refractivity contribution is -0.402. The molecule has 0 saturated heterocycles. The third-order valence-corrected chi connectivity index (χ3v) is 2.88. The van der Waals surface area contributed by atoms with Crippen LogP contribution in [0.25, 0.3) is 23.1 Å². The number of hydrogen-bond donors (Lipinski definition) is 1. The van der Waals surface area contributed by atoms with Crippen molar-refractivity contribution < 1.29 is 13.7 Å². The average Bonchev–Trinajstić information content (AvgIpc) is 2.93. The van der Waals surface area contributed by atoms with Crippen molar-refractivity contribution in [1.29, 1.82) is 0 Å². The molecule has 0 bridgehead atoms. The Balaban J connectivity index is 1.97. The first-order chi connectivity index (χ1) is 10.5. The van der Waals surface area contributed by atoms with Gasteiger partial charge in [-0.25, -0.2) is 9.37 Å². The third-order valence-electron chi connectivity index (χ3n) is 2.88. The second kappa shape index (κ2) is 5.24. The molecule has 0 saturated carbocycles. The number of nitrogens with one attached hydrogen (secondary N) is 1. The van der Waals surface area contributed by atoms with Crippen LogP contribution < -0.4 is 5.56 Å². The predicted molar refractivity (Wildman–Crippen MR) is 76.6 cm³/mol. The Hall–Kier alpha value is -3.29. The lowest BCUT2D eigenvalue weighted by Gasteiger charge is -1.98. The summed E-state index contributed by atoms with van der Waals surface area (Å²) in [5.74, 6) is -0.472. The minimum atomic E-state index is -0.656. The van der Waals surface area contributed by atoms with Gasteiger partial charge in [0.05, 0.1) is 17.0 Å². The monoisotopic (exact) mass is 301 g/mol. The smallest absolute Gasteiger partial charge is 0.401 e. The molecule has 2 heterocycles. The van der Waals surface area contributed by atoms with Crippen molar-refractivity contribution in [3.63, 3.8) is 0 Å². The molecular weight excluding hydrogens is 293 g/mol. The topological polar surface area (TPSA) is 102 Å². The van der Waals surface area contributed by atoms with E-state index in [9.17, 15) is 19.3 Å². The van der Waals surface area contributed by atoms with Crippen molar-refractivity contribution in [3.8, 4) is 0 Å². The summed E-state index contributed by atoms with van der Waals surface area (Å²) in [5.41, 5.74) is -0.191. The minimum absolute atomic E-state index is 0.183. The number of nitrogens with zero attached hydrogens (tertiary/aromatic N) is 2. The van der Waals surface area contributed by atoms with Crippen molar-refractivity contribution in [3.05, 3.63) is 68.2 Å². The van der Waals surface area contributed by atoms with Crippen molar-refractivity contribution in [1.82, 2.24) is 9.97 Å². The Morgan fingerprint density at radius 2 is 2.09 bits per heavy atom. The number of benzene rings is 1. The van der Waals surface area contributed by atoms with Crippen LogP contribution in [-0.4, -0.2) is 14.9 Å². The molecule has 22 heavy (non-hydrogen) atoms. The van der Waals surface area contributed by atoms with Crippen LogP contribution >= 0.6 is 0 Å². The first kappa shape index (κ1) is 13.7. The lowest BCUT2D eigenvalue weighted by Crippen LogP contribution is -2.09. The quantitative estimate of drug-likeness (QED) is 0.592. The first-order valence-electron chi connectivity index (χ1n) is 6.15. The fourth-order valence-electron chi connectivity index (χ4n) is 1.90. The Bertz CT molecular complexity index is 958. The predicted octanol–water partition coefficient (Wildman–Crippen LogP) is 2.73. The highest BCUT2D eigenvalue weighted by molar-refractivity contribution is 5.78. The van der Waals surface area contributed by atoms with Gasteiger partial charge in [0, 0.05) is 6.07 Å². The number of aromatic nitrogens is 2. The standard InChI is InChI=1S/C14H8FN3O4/c15-8-1-4-10-11(7-8)16-12(17-14(10)19)5-2-9-3-6-13(22-9)18(20)21/h1-7H,(H,16,17,19)/b5-2+. The molecule has 1 aromatic carbocycles. The second-order valence-corrected chi connectivity index (χ2v) is 4.38. The number of H-pyrrole nitrogens is 1. The van der Waals surface area contributed by atoms with E-state index < -0.39 is 16.3 Å². The van der Waals surface area contributed by atoms with Gasteiger partial charge in [-0.15, -0.1) is 0 Å². The maximum absolute atomic E-state index is 13.2. The molecule has 1 N–H and O–H groups in total. The molecule has 0 amide bonds. The van der Waals surface area contributed by atoms with Crippen LogP contribution in [0.2, 0.25) is 0 Å². The molecule has 0 fully saturated rings. The largest absolute Gasteiger partial charge is 0.433 e. The van der Waals surface area contributed by atoms with Crippen molar-refractivity contribution in [2.45, 2.75) is 0 Å². The maximum atomic E-state index is 13.2. The second-order valence-electron chi connectivity index (χ2n) is 4.38. The number of furan rings is 1. The van der Waals surface area contributed by atoms with Gasteiger partial charge in [0.2, 0.25) is 0 Å². The minimum Gasteiger partial charge on any atom is -0.401 e. The fourth-order valence-corrected chi connectivity index (χ4v) is 1.90. The van der Waals surface area contributed by atoms with Gasteiger partial charge in [-0.3, -0.25) is 14.9 Å².